The largest absolute Gasteiger partial charge is 0.460 e. The zero-order chi connectivity index (χ0) is 13.4. The minimum atomic E-state index is -0.156. The second-order valence-corrected chi connectivity index (χ2v) is 6.05. The summed E-state index contributed by atoms with van der Waals surface area (Å²) in [6.07, 6.45) is 12.6. The summed E-state index contributed by atoms with van der Waals surface area (Å²) in [5, 5.41) is 0. The van der Waals surface area contributed by atoms with Crippen LogP contribution in [0, 0.1) is 5.92 Å². The van der Waals surface area contributed by atoms with Crippen molar-refractivity contribution in [3.63, 3.8) is 0 Å². The first-order valence-corrected chi connectivity index (χ1v) is 7.32. The van der Waals surface area contributed by atoms with Crippen molar-refractivity contribution >= 4 is 21.7 Å². The van der Waals surface area contributed by atoms with Crippen molar-refractivity contribution in [2.24, 2.45) is 5.92 Å². The molecule has 0 fully saturated rings. The summed E-state index contributed by atoms with van der Waals surface area (Å²) in [6, 6.07) is 0. The highest BCUT2D eigenvalue weighted by Crippen LogP contribution is 2.38. The van der Waals surface area contributed by atoms with Crippen molar-refractivity contribution in [3.05, 3.63) is 57.5 Å². The summed E-state index contributed by atoms with van der Waals surface area (Å²) in [7, 11) is 0. The average Bonchev–Trinajstić information content (AvgIpc) is 2.40. The van der Waals surface area contributed by atoms with Crippen molar-refractivity contribution in [1.82, 2.24) is 0 Å². The predicted molar refractivity (Wildman–Crippen MR) is 78.4 cm³/mol. The standard InChI is InChI=1S/C16H15BrO2/c1-10-4-2-3-5-12(10)16-9-14(18)13-8-11(17)6-7-15(13)19-16/h4-7,9,13H,2-3,8H2,1H3. The van der Waals surface area contributed by atoms with Gasteiger partial charge in [0.25, 0.3) is 0 Å². The number of fused-ring (bicyclic) bond motifs is 1. The molecule has 1 unspecified atom stereocenters. The number of rotatable bonds is 1. The molecule has 0 aromatic carbocycles. The van der Waals surface area contributed by atoms with Crippen LogP contribution < -0.4 is 0 Å². The highest BCUT2D eigenvalue weighted by molar-refractivity contribution is 9.11. The van der Waals surface area contributed by atoms with Crippen LogP contribution in [0.2, 0.25) is 0 Å². The molecule has 0 spiro atoms. The molecule has 2 nitrogen and oxygen atoms in total. The van der Waals surface area contributed by atoms with E-state index >= 15 is 0 Å². The SMILES string of the molecule is CC1=CCCC=C1C1=CC(=O)C2CC(Br)=CC=C2O1. The van der Waals surface area contributed by atoms with Crippen LogP contribution in [0.15, 0.2) is 57.5 Å². The molecule has 2 aliphatic carbocycles. The number of halogens is 1. The Morgan fingerprint density at radius 2 is 2.05 bits per heavy atom. The van der Waals surface area contributed by atoms with Gasteiger partial charge in [0.15, 0.2) is 5.78 Å². The number of ether oxygens (including phenoxy) is 1. The molecule has 1 aliphatic heterocycles. The lowest BCUT2D eigenvalue weighted by Gasteiger charge is -2.28. The molecule has 0 radical (unpaired) electrons. The summed E-state index contributed by atoms with van der Waals surface area (Å²) in [5.74, 6) is 1.45. The molecule has 0 saturated heterocycles. The minimum Gasteiger partial charge on any atom is -0.460 e. The number of carbonyl (C=O) groups excluding carboxylic acids is 1. The van der Waals surface area contributed by atoms with Crippen molar-refractivity contribution in [2.45, 2.75) is 26.2 Å². The van der Waals surface area contributed by atoms with E-state index in [1.807, 2.05) is 12.2 Å². The third-order valence-corrected chi connectivity index (χ3v) is 4.26. The third-order valence-electron chi connectivity index (χ3n) is 3.67. The summed E-state index contributed by atoms with van der Waals surface area (Å²) >= 11 is 3.45. The Morgan fingerprint density at radius 3 is 2.84 bits per heavy atom. The van der Waals surface area contributed by atoms with Gasteiger partial charge in [-0.05, 0) is 48.4 Å². The van der Waals surface area contributed by atoms with Gasteiger partial charge in [0.05, 0.1) is 5.92 Å². The van der Waals surface area contributed by atoms with Gasteiger partial charge < -0.3 is 4.74 Å². The lowest BCUT2D eigenvalue weighted by atomic mass is 9.89. The van der Waals surface area contributed by atoms with Crippen LogP contribution in [0.4, 0.5) is 0 Å². The van der Waals surface area contributed by atoms with E-state index in [-0.39, 0.29) is 11.7 Å². The molecule has 3 aliphatic rings. The van der Waals surface area contributed by atoms with E-state index in [1.165, 1.54) is 5.57 Å². The van der Waals surface area contributed by atoms with Gasteiger partial charge >= 0.3 is 0 Å². The zero-order valence-corrected chi connectivity index (χ0v) is 12.4. The number of carbonyl (C=O) groups is 1. The first kappa shape index (κ1) is 12.7. The van der Waals surface area contributed by atoms with Gasteiger partial charge in [0.1, 0.15) is 11.5 Å². The van der Waals surface area contributed by atoms with Gasteiger partial charge in [-0.1, -0.05) is 28.1 Å². The Hall–Kier alpha value is -1.35. The summed E-state index contributed by atoms with van der Waals surface area (Å²) in [5.41, 5.74) is 2.25. The van der Waals surface area contributed by atoms with Gasteiger partial charge in [-0.25, -0.2) is 0 Å². The number of allylic oxidation sites excluding steroid dienone is 8. The van der Waals surface area contributed by atoms with E-state index in [1.54, 1.807) is 6.08 Å². The smallest absolute Gasteiger partial charge is 0.170 e. The maximum absolute atomic E-state index is 12.2. The fraction of sp³-hybridized carbons (Fsp3) is 0.312. The van der Waals surface area contributed by atoms with Crippen molar-refractivity contribution in [3.8, 4) is 0 Å². The molecule has 0 aromatic heterocycles. The molecule has 3 heteroatoms. The van der Waals surface area contributed by atoms with Crippen LogP contribution in [-0.4, -0.2) is 5.78 Å². The number of ketones is 1. The molecule has 0 bridgehead atoms. The number of hydrogen-bond acceptors (Lipinski definition) is 2. The highest BCUT2D eigenvalue weighted by Gasteiger charge is 2.32. The lowest BCUT2D eigenvalue weighted by Crippen LogP contribution is -2.24. The topological polar surface area (TPSA) is 26.3 Å². The van der Waals surface area contributed by atoms with Gasteiger partial charge in [0, 0.05) is 11.6 Å². The molecule has 0 amide bonds. The Bertz CT molecular complexity index is 588. The van der Waals surface area contributed by atoms with E-state index in [4.69, 9.17) is 4.74 Å². The second-order valence-electron chi connectivity index (χ2n) is 5.03. The summed E-state index contributed by atoms with van der Waals surface area (Å²) in [4.78, 5) is 12.2. The van der Waals surface area contributed by atoms with E-state index in [0.29, 0.717) is 12.2 Å². The average molecular weight is 319 g/mol. The van der Waals surface area contributed by atoms with Crippen molar-refractivity contribution in [1.29, 1.82) is 0 Å². The molecule has 98 valence electrons. The van der Waals surface area contributed by atoms with Gasteiger partial charge in [-0.3, -0.25) is 4.79 Å². The molecular formula is C16H15BrO2. The third kappa shape index (κ3) is 2.39. The van der Waals surface area contributed by atoms with Crippen LogP contribution in [0.3, 0.4) is 0 Å². The summed E-state index contributed by atoms with van der Waals surface area (Å²) in [6.45, 7) is 2.07. The zero-order valence-electron chi connectivity index (χ0n) is 10.8. The summed E-state index contributed by atoms with van der Waals surface area (Å²) < 4.78 is 6.99. The molecule has 19 heavy (non-hydrogen) atoms. The Balaban J connectivity index is 1.94. The normalized spacial score (nSPS) is 26.3. The Kier molecular flexibility index (Phi) is 3.31. The van der Waals surface area contributed by atoms with Crippen molar-refractivity contribution in [2.75, 3.05) is 0 Å². The monoisotopic (exact) mass is 318 g/mol. The van der Waals surface area contributed by atoms with E-state index in [2.05, 4.69) is 35.0 Å². The number of hydrogen-bond donors (Lipinski definition) is 0. The molecule has 1 atom stereocenters. The predicted octanol–water partition coefficient (Wildman–Crippen LogP) is 4.32. The fourth-order valence-electron chi connectivity index (χ4n) is 2.61. The van der Waals surface area contributed by atoms with Crippen LogP contribution >= 0.6 is 15.9 Å². The van der Waals surface area contributed by atoms with Crippen LogP contribution in [-0.2, 0) is 9.53 Å². The Labute approximate surface area is 121 Å². The van der Waals surface area contributed by atoms with E-state index in [0.717, 1.165) is 28.7 Å². The van der Waals surface area contributed by atoms with Crippen LogP contribution in [0.25, 0.3) is 0 Å². The lowest BCUT2D eigenvalue weighted by molar-refractivity contribution is -0.119. The molecule has 0 N–H and O–H groups in total. The highest BCUT2D eigenvalue weighted by atomic mass is 79.9. The maximum Gasteiger partial charge on any atom is 0.170 e. The van der Waals surface area contributed by atoms with E-state index < -0.39 is 0 Å². The second kappa shape index (κ2) is 4.97. The fourth-order valence-corrected chi connectivity index (χ4v) is 3.07. The first-order chi connectivity index (χ1) is 9.15. The van der Waals surface area contributed by atoms with Crippen LogP contribution in [0.5, 0.6) is 0 Å². The maximum atomic E-state index is 12.2. The Morgan fingerprint density at radius 1 is 1.26 bits per heavy atom. The van der Waals surface area contributed by atoms with Gasteiger partial charge in [0.2, 0.25) is 0 Å². The molecule has 3 rings (SSSR count). The molecule has 0 aromatic rings. The van der Waals surface area contributed by atoms with Crippen molar-refractivity contribution < 1.29 is 9.53 Å². The van der Waals surface area contributed by atoms with Crippen LogP contribution in [0.1, 0.15) is 26.2 Å². The van der Waals surface area contributed by atoms with E-state index in [9.17, 15) is 4.79 Å². The molecule has 0 saturated carbocycles. The first-order valence-electron chi connectivity index (χ1n) is 6.52. The molecular weight excluding hydrogens is 304 g/mol. The molecule has 1 heterocycles. The van der Waals surface area contributed by atoms with Gasteiger partial charge in [-0.15, -0.1) is 0 Å². The minimum absolute atomic E-state index is 0.136. The van der Waals surface area contributed by atoms with Gasteiger partial charge in [-0.2, -0.15) is 0 Å². The quantitative estimate of drug-likeness (QED) is 0.719.